The molecule has 4 rings (SSSR count). The van der Waals surface area contributed by atoms with Crippen LogP contribution < -0.4 is 5.32 Å². The van der Waals surface area contributed by atoms with Crippen molar-refractivity contribution in [1.82, 2.24) is 9.62 Å². The highest BCUT2D eigenvalue weighted by Crippen LogP contribution is 2.44. The average molecular weight is 362 g/mol. The molecule has 0 spiro atoms. The quantitative estimate of drug-likeness (QED) is 0.896. The molecule has 0 unspecified atom stereocenters. The van der Waals surface area contributed by atoms with Gasteiger partial charge in [0.25, 0.3) is 5.91 Å². The Hall–Kier alpha value is -1.40. The molecule has 136 valence electrons. The molecule has 3 atom stereocenters. The van der Waals surface area contributed by atoms with Gasteiger partial charge >= 0.3 is 0 Å². The summed E-state index contributed by atoms with van der Waals surface area (Å²) >= 11 is 0. The number of nitrogens with one attached hydrogen (secondary N) is 1. The number of sulfonamides is 1. The smallest absolute Gasteiger partial charge is 0.251 e. The monoisotopic (exact) mass is 362 g/mol. The number of carbonyl (C=O) groups excluding carboxylic acids is 1. The molecule has 1 N–H and O–H groups in total. The molecule has 1 aromatic rings. The van der Waals surface area contributed by atoms with Gasteiger partial charge < -0.3 is 5.32 Å². The molecule has 0 radical (unpaired) electrons. The average Bonchev–Trinajstić information content (AvgIpc) is 3.25. The van der Waals surface area contributed by atoms with E-state index in [0.717, 1.165) is 31.6 Å². The third kappa shape index (κ3) is 3.34. The first-order valence-electron chi connectivity index (χ1n) is 9.45. The molecule has 1 aliphatic heterocycles. The van der Waals surface area contributed by atoms with Crippen molar-refractivity contribution in [1.29, 1.82) is 0 Å². The van der Waals surface area contributed by atoms with E-state index in [9.17, 15) is 13.2 Å². The SMILES string of the molecule is O=C(N[C@@H]1C[C@H]2CC[C@H]1C2)c1cccc(S(=O)(=O)N2CCCCC2)c1. The molecular weight excluding hydrogens is 336 g/mol. The van der Waals surface area contributed by atoms with Crippen molar-refractivity contribution in [3.05, 3.63) is 29.8 Å². The molecule has 1 amide bonds. The maximum absolute atomic E-state index is 12.8. The maximum atomic E-state index is 12.8. The third-order valence-electron chi connectivity index (χ3n) is 6.10. The number of benzene rings is 1. The highest BCUT2D eigenvalue weighted by molar-refractivity contribution is 7.89. The zero-order chi connectivity index (χ0) is 17.4. The second kappa shape index (κ2) is 6.72. The molecule has 2 bridgehead atoms. The van der Waals surface area contributed by atoms with Crippen LogP contribution in [0.1, 0.15) is 55.3 Å². The Morgan fingerprint density at radius 3 is 2.56 bits per heavy atom. The van der Waals surface area contributed by atoms with Crippen LogP contribution in [0.4, 0.5) is 0 Å². The Kier molecular flexibility index (Phi) is 4.58. The van der Waals surface area contributed by atoms with E-state index in [1.54, 1.807) is 22.5 Å². The Balaban J connectivity index is 1.49. The van der Waals surface area contributed by atoms with Gasteiger partial charge in [-0.3, -0.25) is 4.79 Å². The summed E-state index contributed by atoms with van der Waals surface area (Å²) in [4.78, 5) is 12.8. The topological polar surface area (TPSA) is 66.5 Å². The molecule has 0 aromatic heterocycles. The van der Waals surface area contributed by atoms with Gasteiger partial charge in [-0.2, -0.15) is 4.31 Å². The normalized spacial score (nSPS) is 29.7. The summed E-state index contributed by atoms with van der Waals surface area (Å²) in [5.74, 6) is 1.23. The van der Waals surface area contributed by atoms with E-state index in [0.29, 0.717) is 24.6 Å². The summed E-state index contributed by atoms with van der Waals surface area (Å²) < 4.78 is 27.2. The lowest BCUT2D eigenvalue weighted by molar-refractivity contribution is 0.0922. The van der Waals surface area contributed by atoms with Crippen LogP contribution in [0.3, 0.4) is 0 Å². The van der Waals surface area contributed by atoms with Gasteiger partial charge in [-0.15, -0.1) is 0 Å². The predicted molar refractivity (Wildman–Crippen MR) is 95.8 cm³/mol. The largest absolute Gasteiger partial charge is 0.349 e. The fourth-order valence-corrected chi connectivity index (χ4v) is 6.29. The van der Waals surface area contributed by atoms with Crippen molar-refractivity contribution in [2.75, 3.05) is 13.1 Å². The summed E-state index contributed by atoms with van der Waals surface area (Å²) in [7, 11) is -3.50. The lowest BCUT2D eigenvalue weighted by atomic mass is 9.95. The minimum absolute atomic E-state index is 0.145. The van der Waals surface area contributed by atoms with E-state index in [2.05, 4.69) is 5.32 Å². The highest BCUT2D eigenvalue weighted by atomic mass is 32.2. The van der Waals surface area contributed by atoms with Crippen LogP contribution in [0.2, 0.25) is 0 Å². The minimum atomic E-state index is -3.50. The van der Waals surface area contributed by atoms with E-state index < -0.39 is 10.0 Å². The van der Waals surface area contributed by atoms with Crippen LogP contribution in [-0.4, -0.2) is 37.8 Å². The molecule has 5 nitrogen and oxygen atoms in total. The highest BCUT2D eigenvalue weighted by Gasteiger charge is 2.40. The first-order valence-corrected chi connectivity index (χ1v) is 10.9. The van der Waals surface area contributed by atoms with Gasteiger partial charge in [0.05, 0.1) is 4.90 Å². The zero-order valence-electron chi connectivity index (χ0n) is 14.5. The molecule has 3 aliphatic rings. The minimum Gasteiger partial charge on any atom is -0.349 e. The molecule has 2 saturated carbocycles. The molecule has 2 aliphatic carbocycles. The summed E-state index contributed by atoms with van der Waals surface area (Å²) in [5, 5.41) is 3.14. The van der Waals surface area contributed by atoms with Gasteiger partial charge in [-0.1, -0.05) is 18.9 Å². The molecular formula is C19H26N2O3S. The summed E-state index contributed by atoms with van der Waals surface area (Å²) in [5.41, 5.74) is 0.445. The van der Waals surface area contributed by atoms with Crippen molar-refractivity contribution >= 4 is 15.9 Å². The lowest BCUT2D eigenvalue weighted by Gasteiger charge is -2.26. The van der Waals surface area contributed by atoms with Crippen molar-refractivity contribution in [2.45, 2.75) is 55.9 Å². The Bertz CT molecular complexity index is 756. The Morgan fingerprint density at radius 2 is 1.88 bits per heavy atom. The molecule has 6 heteroatoms. The van der Waals surface area contributed by atoms with E-state index in [4.69, 9.17) is 0 Å². The van der Waals surface area contributed by atoms with Gasteiger partial charge in [-0.05, 0) is 62.1 Å². The second-order valence-corrected chi connectivity index (χ2v) is 9.69. The van der Waals surface area contributed by atoms with Crippen molar-refractivity contribution in [2.24, 2.45) is 11.8 Å². The van der Waals surface area contributed by atoms with Crippen molar-refractivity contribution in [3.8, 4) is 0 Å². The van der Waals surface area contributed by atoms with Crippen molar-refractivity contribution < 1.29 is 13.2 Å². The van der Waals surface area contributed by atoms with E-state index in [1.165, 1.54) is 25.3 Å². The number of fused-ring (bicyclic) bond motifs is 2. The predicted octanol–water partition coefficient (Wildman–Crippen LogP) is 2.78. The van der Waals surface area contributed by atoms with Crippen LogP contribution >= 0.6 is 0 Å². The van der Waals surface area contributed by atoms with Gasteiger partial charge in [-0.25, -0.2) is 8.42 Å². The van der Waals surface area contributed by atoms with Crippen LogP contribution in [0.5, 0.6) is 0 Å². The summed E-state index contributed by atoms with van der Waals surface area (Å²) in [6.45, 7) is 1.15. The number of rotatable bonds is 4. The number of amides is 1. The van der Waals surface area contributed by atoms with Crippen LogP contribution in [-0.2, 0) is 10.0 Å². The van der Waals surface area contributed by atoms with Gasteiger partial charge in [0, 0.05) is 24.7 Å². The second-order valence-electron chi connectivity index (χ2n) is 7.75. The van der Waals surface area contributed by atoms with Gasteiger partial charge in [0.2, 0.25) is 10.0 Å². The van der Waals surface area contributed by atoms with E-state index >= 15 is 0 Å². The standard InChI is InChI=1S/C19H26N2O3S/c22-19(20-18-12-14-7-8-15(18)11-14)16-5-4-6-17(13-16)25(23,24)21-9-2-1-3-10-21/h4-6,13-15,18H,1-3,7-12H2,(H,20,22)/t14-,15-,18+/m0/s1. The van der Waals surface area contributed by atoms with Crippen LogP contribution in [0.25, 0.3) is 0 Å². The fraction of sp³-hybridized carbons (Fsp3) is 0.632. The number of hydrogen-bond donors (Lipinski definition) is 1. The number of carbonyl (C=O) groups is 1. The molecule has 3 fully saturated rings. The molecule has 1 aromatic carbocycles. The molecule has 1 saturated heterocycles. The van der Waals surface area contributed by atoms with E-state index in [1.807, 2.05) is 0 Å². The summed E-state index contributed by atoms with van der Waals surface area (Å²) in [6.07, 6.45) is 7.70. The fourth-order valence-electron chi connectivity index (χ4n) is 4.73. The first kappa shape index (κ1) is 17.0. The number of hydrogen-bond acceptors (Lipinski definition) is 3. The molecule has 1 heterocycles. The first-order chi connectivity index (χ1) is 12.0. The number of nitrogens with zero attached hydrogens (tertiary/aromatic N) is 1. The molecule has 25 heavy (non-hydrogen) atoms. The maximum Gasteiger partial charge on any atom is 0.251 e. The van der Waals surface area contributed by atoms with Crippen LogP contribution in [0, 0.1) is 11.8 Å². The third-order valence-corrected chi connectivity index (χ3v) is 8.00. The van der Waals surface area contributed by atoms with E-state index in [-0.39, 0.29) is 16.8 Å². The Morgan fingerprint density at radius 1 is 1.08 bits per heavy atom. The summed E-state index contributed by atoms with van der Waals surface area (Å²) in [6, 6.07) is 6.77. The van der Waals surface area contributed by atoms with Gasteiger partial charge in [0.1, 0.15) is 0 Å². The zero-order valence-corrected chi connectivity index (χ0v) is 15.3. The number of piperidine rings is 1. The van der Waals surface area contributed by atoms with Gasteiger partial charge in [0.15, 0.2) is 0 Å². The van der Waals surface area contributed by atoms with Crippen molar-refractivity contribution in [3.63, 3.8) is 0 Å². The lowest BCUT2D eigenvalue weighted by Crippen LogP contribution is -2.38. The van der Waals surface area contributed by atoms with Crippen LogP contribution in [0.15, 0.2) is 29.2 Å². The Labute approximate surface area is 149 Å².